The third-order valence-corrected chi connectivity index (χ3v) is 5.22. The average molecular weight is 261 g/mol. The monoisotopic (exact) mass is 261 g/mol. The summed E-state index contributed by atoms with van der Waals surface area (Å²) in [5.41, 5.74) is -0.347. The van der Waals surface area contributed by atoms with Crippen molar-refractivity contribution in [3.8, 4) is 6.07 Å². The molecule has 0 radical (unpaired) electrons. The summed E-state index contributed by atoms with van der Waals surface area (Å²) in [5.74, 6) is 0.909. The second kappa shape index (κ2) is 5.42. The number of hydrogen-bond donors (Lipinski definition) is 1. The summed E-state index contributed by atoms with van der Waals surface area (Å²) in [6.45, 7) is 4.21. The number of piperidine rings is 1. The van der Waals surface area contributed by atoms with Crippen molar-refractivity contribution in [3.63, 3.8) is 0 Å². The van der Waals surface area contributed by atoms with E-state index in [4.69, 9.17) is 0 Å². The standard InChI is InChI=1S/C16H27N3/c1-16(11-17,18-14-8-9-14)12-19-10-4-6-13-5-2-3-7-15(13)19/h13-15,18H,2-10,12H2,1H3. The van der Waals surface area contributed by atoms with E-state index in [0.717, 1.165) is 18.5 Å². The normalized spacial score (nSPS) is 35.2. The molecule has 3 fully saturated rings. The smallest absolute Gasteiger partial charge is 0.116 e. The summed E-state index contributed by atoms with van der Waals surface area (Å²) in [6.07, 6.45) is 10.8. The summed E-state index contributed by atoms with van der Waals surface area (Å²) in [6, 6.07) is 3.91. The van der Waals surface area contributed by atoms with Crippen LogP contribution in [0.3, 0.4) is 0 Å². The zero-order valence-electron chi connectivity index (χ0n) is 12.2. The number of fused-ring (bicyclic) bond motifs is 1. The van der Waals surface area contributed by atoms with Crippen LogP contribution in [0.4, 0.5) is 0 Å². The minimum Gasteiger partial charge on any atom is -0.297 e. The Kier molecular flexibility index (Phi) is 3.82. The molecule has 0 aromatic carbocycles. The fourth-order valence-corrected chi connectivity index (χ4v) is 4.12. The molecule has 1 saturated heterocycles. The van der Waals surface area contributed by atoms with Crippen LogP contribution in [-0.4, -0.2) is 35.6 Å². The molecule has 3 aliphatic rings. The number of nitrogens with zero attached hydrogens (tertiary/aromatic N) is 2. The van der Waals surface area contributed by atoms with Gasteiger partial charge in [0.15, 0.2) is 0 Å². The second-order valence-electron chi connectivity index (χ2n) is 7.09. The molecule has 0 spiro atoms. The summed E-state index contributed by atoms with van der Waals surface area (Å²) in [7, 11) is 0. The highest BCUT2D eigenvalue weighted by Gasteiger charge is 2.39. The highest BCUT2D eigenvalue weighted by atomic mass is 15.2. The van der Waals surface area contributed by atoms with E-state index in [-0.39, 0.29) is 5.54 Å². The Hall–Kier alpha value is -0.590. The van der Waals surface area contributed by atoms with Crippen molar-refractivity contribution >= 4 is 0 Å². The fraction of sp³-hybridized carbons (Fsp3) is 0.938. The van der Waals surface area contributed by atoms with Crippen molar-refractivity contribution in [3.05, 3.63) is 0 Å². The lowest BCUT2D eigenvalue weighted by atomic mass is 9.78. The Bertz CT molecular complexity index is 355. The molecular formula is C16H27N3. The van der Waals surface area contributed by atoms with Crippen LogP contribution in [0.25, 0.3) is 0 Å². The predicted molar refractivity (Wildman–Crippen MR) is 76.7 cm³/mol. The Balaban J connectivity index is 1.64. The van der Waals surface area contributed by atoms with Gasteiger partial charge in [-0.15, -0.1) is 0 Å². The lowest BCUT2D eigenvalue weighted by Crippen LogP contribution is -2.57. The van der Waals surface area contributed by atoms with Gasteiger partial charge in [0, 0.05) is 18.6 Å². The molecule has 106 valence electrons. The van der Waals surface area contributed by atoms with Crippen molar-refractivity contribution in [2.45, 2.75) is 75.9 Å². The molecule has 3 atom stereocenters. The second-order valence-corrected chi connectivity index (χ2v) is 7.09. The van der Waals surface area contributed by atoms with Gasteiger partial charge in [0.25, 0.3) is 0 Å². The number of rotatable bonds is 4. The molecule has 3 rings (SSSR count). The van der Waals surface area contributed by atoms with Gasteiger partial charge in [0.05, 0.1) is 6.07 Å². The quantitative estimate of drug-likeness (QED) is 0.845. The lowest BCUT2D eigenvalue weighted by molar-refractivity contribution is 0.0465. The SMILES string of the molecule is CC(C#N)(CN1CCCC2CCCCC21)NC1CC1. The minimum absolute atomic E-state index is 0.347. The molecule has 1 heterocycles. The largest absolute Gasteiger partial charge is 0.297 e. The van der Waals surface area contributed by atoms with Crippen LogP contribution in [-0.2, 0) is 0 Å². The summed E-state index contributed by atoms with van der Waals surface area (Å²) < 4.78 is 0. The van der Waals surface area contributed by atoms with Gasteiger partial charge >= 0.3 is 0 Å². The van der Waals surface area contributed by atoms with Crippen molar-refractivity contribution < 1.29 is 0 Å². The molecule has 0 aromatic rings. The third kappa shape index (κ3) is 3.12. The molecular weight excluding hydrogens is 234 g/mol. The van der Waals surface area contributed by atoms with Gasteiger partial charge in [-0.3, -0.25) is 10.2 Å². The van der Waals surface area contributed by atoms with Crippen LogP contribution in [0.1, 0.15) is 58.3 Å². The van der Waals surface area contributed by atoms with Crippen molar-refractivity contribution in [2.75, 3.05) is 13.1 Å². The summed E-state index contributed by atoms with van der Waals surface area (Å²) in [5, 5.41) is 13.1. The summed E-state index contributed by atoms with van der Waals surface area (Å²) in [4.78, 5) is 2.63. The molecule has 3 heteroatoms. The zero-order valence-corrected chi connectivity index (χ0v) is 12.2. The van der Waals surface area contributed by atoms with Crippen LogP contribution < -0.4 is 5.32 Å². The van der Waals surface area contributed by atoms with E-state index in [9.17, 15) is 5.26 Å². The van der Waals surface area contributed by atoms with E-state index in [2.05, 4.69) is 23.2 Å². The summed E-state index contributed by atoms with van der Waals surface area (Å²) >= 11 is 0. The molecule has 1 aliphatic heterocycles. The Morgan fingerprint density at radius 3 is 2.63 bits per heavy atom. The first-order valence-electron chi connectivity index (χ1n) is 8.13. The van der Waals surface area contributed by atoms with Gasteiger partial charge in [-0.05, 0) is 57.9 Å². The molecule has 0 bridgehead atoms. The molecule has 3 unspecified atom stereocenters. The van der Waals surface area contributed by atoms with Crippen molar-refractivity contribution in [2.24, 2.45) is 5.92 Å². The van der Waals surface area contributed by atoms with Crippen LogP contribution in [0.15, 0.2) is 0 Å². The van der Waals surface area contributed by atoms with Gasteiger partial charge in [0.2, 0.25) is 0 Å². The van der Waals surface area contributed by atoms with E-state index in [1.54, 1.807) is 0 Å². The minimum atomic E-state index is -0.347. The molecule has 0 aromatic heterocycles. The van der Waals surface area contributed by atoms with Crippen LogP contribution in [0, 0.1) is 17.2 Å². The first-order chi connectivity index (χ1) is 9.20. The average Bonchev–Trinajstić information content (AvgIpc) is 3.23. The van der Waals surface area contributed by atoms with Crippen LogP contribution in [0.5, 0.6) is 0 Å². The number of hydrogen-bond acceptors (Lipinski definition) is 3. The topological polar surface area (TPSA) is 39.1 Å². The maximum atomic E-state index is 9.55. The lowest BCUT2D eigenvalue weighted by Gasteiger charge is -2.46. The van der Waals surface area contributed by atoms with Crippen LogP contribution in [0.2, 0.25) is 0 Å². The highest BCUT2D eigenvalue weighted by molar-refractivity contribution is 5.10. The molecule has 19 heavy (non-hydrogen) atoms. The van der Waals surface area contributed by atoms with Gasteiger partial charge in [-0.1, -0.05) is 12.8 Å². The maximum absolute atomic E-state index is 9.55. The van der Waals surface area contributed by atoms with Gasteiger partial charge in [0.1, 0.15) is 5.54 Å². The van der Waals surface area contributed by atoms with E-state index in [1.165, 1.54) is 57.9 Å². The van der Waals surface area contributed by atoms with E-state index in [1.807, 2.05) is 0 Å². The molecule has 1 N–H and O–H groups in total. The maximum Gasteiger partial charge on any atom is 0.116 e. The third-order valence-electron chi connectivity index (χ3n) is 5.22. The molecule has 2 saturated carbocycles. The Morgan fingerprint density at radius 1 is 1.16 bits per heavy atom. The zero-order chi connectivity index (χ0) is 13.3. The number of likely N-dealkylation sites (tertiary alicyclic amines) is 1. The van der Waals surface area contributed by atoms with Crippen LogP contribution >= 0.6 is 0 Å². The Morgan fingerprint density at radius 2 is 1.89 bits per heavy atom. The first kappa shape index (κ1) is 13.4. The number of nitriles is 1. The van der Waals surface area contributed by atoms with E-state index >= 15 is 0 Å². The van der Waals surface area contributed by atoms with Gasteiger partial charge in [-0.25, -0.2) is 0 Å². The van der Waals surface area contributed by atoms with Crippen molar-refractivity contribution in [1.82, 2.24) is 10.2 Å². The predicted octanol–water partition coefficient (Wildman–Crippen LogP) is 2.68. The first-order valence-corrected chi connectivity index (χ1v) is 8.13. The molecule has 2 aliphatic carbocycles. The highest BCUT2D eigenvalue weighted by Crippen LogP contribution is 2.36. The van der Waals surface area contributed by atoms with Gasteiger partial charge < -0.3 is 0 Å². The van der Waals surface area contributed by atoms with Crippen molar-refractivity contribution in [1.29, 1.82) is 5.26 Å². The van der Waals surface area contributed by atoms with Gasteiger partial charge in [-0.2, -0.15) is 5.26 Å². The fourth-order valence-electron chi connectivity index (χ4n) is 4.12. The van der Waals surface area contributed by atoms with E-state index in [0.29, 0.717) is 6.04 Å². The number of nitrogens with one attached hydrogen (secondary N) is 1. The van der Waals surface area contributed by atoms with E-state index < -0.39 is 0 Å². The Labute approximate surface area is 117 Å². The molecule has 0 amide bonds. The molecule has 3 nitrogen and oxygen atoms in total.